The average molecular weight is 283 g/mol. The molecule has 106 valence electrons. The van der Waals surface area contributed by atoms with Crippen LogP contribution in [0.1, 0.15) is 37.4 Å². The van der Waals surface area contributed by atoms with Crippen LogP contribution in [0.3, 0.4) is 0 Å². The standard InChI is InChI=1S/C15H22N2O.ClH/c1-3-12-4-6-13(7-5-12)11(2)17-15(18)14-8-9-16-10-14;/h4-7,11,14,16H,3,8-10H2,1-2H3,(H,17,18);1H. The maximum Gasteiger partial charge on any atom is 0.224 e. The molecule has 0 spiro atoms. The topological polar surface area (TPSA) is 41.1 Å². The van der Waals surface area contributed by atoms with Crippen LogP contribution in [0.15, 0.2) is 24.3 Å². The van der Waals surface area contributed by atoms with E-state index < -0.39 is 0 Å². The Balaban J connectivity index is 0.00000180. The van der Waals surface area contributed by atoms with Crippen LogP contribution in [0.2, 0.25) is 0 Å². The molecular formula is C15H23ClN2O. The molecule has 0 saturated carbocycles. The first-order valence-electron chi connectivity index (χ1n) is 6.80. The van der Waals surface area contributed by atoms with Gasteiger partial charge >= 0.3 is 0 Å². The molecule has 1 fully saturated rings. The highest BCUT2D eigenvalue weighted by molar-refractivity contribution is 5.85. The van der Waals surface area contributed by atoms with Gasteiger partial charge in [0.2, 0.25) is 5.91 Å². The molecule has 1 aliphatic heterocycles. The molecule has 1 aliphatic rings. The van der Waals surface area contributed by atoms with E-state index in [1.807, 2.05) is 6.92 Å². The number of amides is 1. The molecule has 4 heteroatoms. The second-order valence-corrected chi connectivity index (χ2v) is 5.02. The summed E-state index contributed by atoms with van der Waals surface area (Å²) in [6.45, 7) is 5.96. The van der Waals surface area contributed by atoms with Gasteiger partial charge < -0.3 is 10.6 Å². The van der Waals surface area contributed by atoms with E-state index >= 15 is 0 Å². The molecule has 2 rings (SSSR count). The fourth-order valence-corrected chi connectivity index (χ4v) is 2.34. The molecular weight excluding hydrogens is 260 g/mol. The minimum absolute atomic E-state index is 0. The first-order valence-corrected chi connectivity index (χ1v) is 6.80. The van der Waals surface area contributed by atoms with Gasteiger partial charge in [-0.25, -0.2) is 0 Å². The molecule has 0 aliphatic carbocycles. The minimum atomic E-state index is 0. The number of carbonyl (C=O) groups is 1. The van der Waals surface area contributed by atoms with E-state index in [-0.39, 0.29) is 30.3 Å². The SMILES string of the molecule is CCc1ccc(C(C)NC(=O)C2CCNC2)cc1.Cl. The minimum Gasteiger partial charge on any atom is -0.349 e. The Labute approximate surface area is 121 Å². The van der Waals surface area contributed by atoms with Crippen molar-refractivity contribution in [2.75, 3.05) is 13.1 Å². The number of aryl methyl sites for hydroxylation is 1. The van der Waals surface area contributed by atoms with Crippen molar-refractivity contribution < 1.29 is 4.79 Å². The Bertz CT molecular complexity index is 399. The van der Waals surface area contributed by atoms with Gasteiger partial charge in [0.1, 0.15) is 0 Å². The molecule has 0 radical (unpaired) electrons. The van der Waals surface area contributed by atoms with Crippen LogP contribution in [-0.2, 0) is 11.2 Å². The second kappa shape index (κ2) is 7.51. The highest BCUT2D eigenvalue weighted by Crippen LogP contribution is 2.16. The third kappa shape index (κ3) is 4.22. The smallest absolute Gasteiger partial charge is 0.224 e. The lowest BCUT2D eigenvalue weighted by molar-refractivity contribution is -0.125. The summed E-state index contributed by atoms with van der Waals surface area (Å²) in [6, 6.07) is 8.57. The molecule has 0 bridgehead atoms. The molecule has 0 aromatic heterocycles. The zero-order valence-corrected chi connectivity index (χ0v) is 12.4. The molecule has 19 heavy (non-hydrogen) atoms. The predicted octanol–water partition coefficient (Wildman–Crippen LogP) is 2.46. The zero-order chi connectivity index (χ0) is 13.0. The molecule has 1 amide bonds. The molecule has 1 saturated heterocycles. The Morgan fingerprint density at radius 3 is 2.63 bits per heavy atom. The van der Waals surface area contributed by atoms with Gasteiger partial charge in [-0.05, 0) is 37.4 Å². The van der Waals surface area contributed by atoms with E-state index in [1.165, 1.54) is 11.1 Å². The van der Waals surface area contributed by atoms with E-state index in [2.05, 4.69) is 41.8 Å². The molecule has 2 atom stereocenters. The molecule has 1 aromatic carbocycles. The van der Waals surface area contributed by atoms with Gasteiger partial charge in [0, 0.05) is 6.54 Å². The van der Waals surface area contributed by atoms with E-state index in [0.717, 1.165) is 25.9 Å². The van der Waals surface area contributed by atoms with Gasteiger partial charge in [-0.2, -0.15) is 0 Å². The lowest BCUT2D eigenvalue weighted by atomic mass is 10.0. The number of hydrogen-bond acceptors (Lipinski definition) is 2. The van der Waals surface area contributed by atoms with E-state index in [0.29, 0.717) is 0 Å². The average Bonchev–Trinajstić information content (AvgIpc) is 2.92. The quantitative estimate of drug-likeness (QED) is 0.891. The summed E-state index contributed by atoms with van der Waals surface area (Å²) in [4.78, 5) is 12.0. The van der Waals surface area contributed by atoms with Gasteiger partial charge in [0.15, 0.2) is 0 Å². The number of carbonyl (C=O) groups excluding carboxylic acids is 1. The summed E-state index contributed by atoms with van der Waals surface area (Å²) in [5, 5.41) is 6.32. The zero-order valence-electron chi connectivity index (χ0n) is 11.6. The Hall–Kier alpha value is -1.06. The van der Waals surface area contributed by atoms with Crippen molar-refractivity contribution >= 4 is 18.3 Å². The summed E-state index contributed by atoms with van der Waals surface area (Å²) < 4.78 is 0. The van der Waals surface area contributed by atoms with E-state index in [4.69, 9.17) is 0 Å². The number of nitrogens with one attached hydrogen (secondary N) is 2. The van der Waals surface area contributed by atoms with Crippen molar-refractivity contribution in [1.82, 2.24) is 10.6 Å². The molecule has 1 aromatic rings. The monoisotopic (exact) mass is 282 g/mol. The highest BCUT2D eigenvalue weighted by atomic mass is 35.5. The van der Waals surface area contributed by atoms with E-state index in [9.17, 15) is 4.79 Å². The second-order valence-electron chi connectivity index (χ2n) is 5.02. The fraction of sp³-hybridized carbons (Fsp3) is 0.533. The first-order chi connectivity index (χ1) is 8.70. The number of halogens is 1. The molecule has 1 heterocycles. The van der Waals surface area contributed by atoms with Crippen LogP contribution < -0.4 is 10.6 Å². The van der Waals surface area contributed by atoms with Gasteiger partial charge in [0.05, 0.1) is 12.0 Å². The normalized spacial score (nSPS) is 19.6. The van der Waals surface area contributed by atoms with Gasteiger partial charge in [-0.1, -0.05) is 31.2 Å². The van der Waals surface area contributed by atoms with Crippen molar-refractivity contribution in [2.24, 2.45) is 5.92 Å². The van der Waals surface area contributed by atoms with Crippen LogP contribution in [0.25, 0.3) is 0 Å². The lowest BCUT2D eigenvalue weighted by Gasteiger charge is -2.17. The highest BCUT2D eigenvalue weighted by Gasteiger charge is 2.23. The van der Waals surface area contributed by atoms with Crippen molar-refractivity contribution in [2.45, 2.75) is 32.7 Å². The molecule has 2 N–H and O–H groups in total. The van der Waals surface area contributed by atoms with Gasteiger partial charge in [-0.3, -0.25) is 4.79 Å². The van der Waals surface area contributed by atoms with Crippen LogP contribution in [-0.4, -0.2) is 19.0 Å². The predicted molar refractivity (Wildman–Crippen MR) is 80.6 cm³/mol. The fourth-order valence-electron chi connectivity index (χ4n) is 2.34. The third-order valence-electron chi connectivity index (χ3n) is 3.68. The summed E-state index contributed by atoms with van der Waals surface area (Å²) in [5.41, 5.74) is 2.50. The Morgan fingerprint density at radius 1 is 1.42 bits per heavy atom. The number of hydrogen-bond donors (Lipinski definition) is 2. The van der Waals surface area contributed by atoms with Crippen molar-refractivity contribution in [1.29, 1.82) is 0 Å². The third-order valence-corrected chi connectivity index (χ3v) is 3.68. The van der Waals surface area contributed by atoms with Gasteiger partial charge in [-0.15, -0.1) is 12.4 Å². The Kier molecular flexibility index (Phi) is 6.32. The van der Waals surface area contributed by atoms with Crippen molar-refractivity contribution in [3.05, 3.63) is 35.4 Å². The van der Waals surface area contributed by atoms with Crippen molar-refractivity contribution in [3.63, 3.8) is 0 Å². The maximum absolute atomic E-state index is 12.0. The number of rotatable bonds is 4. The number of benzene rings is 1. The largest absolute Gasteiger partial charge is 0.349 e. The van der Waals surface area contributed by atoms with E-state index in [1.54, 1.807) is 0 Å². The summed E-state index contributed by atoms with van der Waals surface area (Å²) >= 11 is 0. The summed E-state index contributed by atoms with van der Waals surface area (Å²) in [7, 11) is 0. The van der Waals surface area contributed by atoms with Crippen LogP contribution in [0.5, 0.6) is 0 Å². The first kappa shape index (κ1) is 16.0. The lowest BCUT2D eigenvalue weighted by Crippen LogP contribution is -2.33. The summed E-state index contributed by atoms with van der Waals surface area (Å²) in [6.07, 6.45) is 2.00. The van der Waals surface area contributed by atoms with Crippen LogP contribution >= 0.6 is 12.4 Å². The van der Waals surface area contributed by atoms with Crippen LogP contribution in [0, 0.1) is 5.92 Å². The molecule has 2 unspecified atom stereocenters. The Morgan fingerprint density at radius 2 is 2.11 bits per heavy atom. The molecule has 3 nitrogen and oxygen atoms in total. The van der Waals surface area contributed by atoms with Crippen molar-refractivity contribution in [3.8, 4) is 0 Å². The van der Waals surface area contributed by atoms with Gasteiger partial charge in [0.25, 0.3) is 0 Å². The summed E-state index contributed by atoms with van der Waals surface area (Å²) in [5.74, 6) is 0.314. The van der Waals surface area contributed by atoms with Crippen LogP contribution in [0.4, 0.5) is 0 Å². The maximum atomic E-state index is 12.0.